The van der Waals surface area contributed by atoms with E-state index in [0.29, 0.717) is 13.1 Å². The van der Waals surface area contributed by atoms with E-state index < -0.39 is 11.8 Å². The van der Waals surface area contributed by atoms with Gasteiger partial charge in [0.2, 0.25) is 0 Å². The SMILES string of the molecule is CCN(Cc1ccccc1)C(=O)C(=O)NC(C)C12CC3CC(CC(C3)C1)C2. The van der Waals surface area contributed by atoms with Crippen LogP contribution in [-0.2, 0) is 16.1 Å². The van der Waals surface area contributed by atoms with Crippen molar-refractivity contribution in [3.05, 3.63) is 35.9 Å². The van der Waals surface area contributed by atoms with Gasteiger partial charge < -0.3 is 10.2 Å². The van der Waals surface area contributed by atoms with E-state index in [9.17, 15) is 9.59 Å². The van der Waals surface area contributed by atoms with Gasteiger partial charge in [0.15, 0.2) is 0 Å². The van der Waals surface area contributed by atoms with Crippen molar-refractivity contribution in [1.29, 1.82) is 0 Å². The third kappa shape index (κ3) is 3.63. The summed E-state index contributed by atoms with van der Waals surface area (Å²) in [6.45, 7) is 5.07. The maximum Gasteiger partial charge on any atom is 0.312 e. The second-order valence-corrected chi connectivity index (χ2v) is 9.28. The standard InChI is InChI=1S/C23H32N2O2/c1-3-25(15-17-7-5-4-6-8-17)22(27)21(26)24-16(2)23-12-18-9-19(13-23)11-20(10-18)14-23/h4-8,16,18-20H,3,9-15H2,1-2H3,(H,24,26). The molecule has 4 saturated carbocycles. The first-order chi connectivity index (χ1) is 13.0. The van der Waals surface area contributed by atoms with Gasteiger partial charge in [0.05, 0.1) is 0 Å². The van der Waals surface area contributed by atoms with Crippen LogP contribution < -0.4 is 5.32 Å². The van der Waals surface area contributed by atoms with Crippen molar-refractivity contribution in [2.45, 2.75) is 65.0 Å². The summed E-state index contributed by atoms with van der Waals surface area (Å²) in [6, 6.07) is 9.95. The van der Waals surface area contributed by atoms with E-state index in [1.807, 2.05) is 37.3 Å². The lowest BCUT2D eigenvalue weighted by Crippen LogP contribution is -2.57. The normalized spacial score (nSPS) is 32.1. The molecule has 146 valence electrons. The minimum Gasteiger partial charge on any atom is -0.345 e. The van der Waals surface area contributed by atoms with Gasteiger partial charge in [-0.15, -0.1) is 0 Å². The Morgan fingerprint density at radius 1 is 1.07 bits per heavy atom. The Labute approximate surface area is 162 Å². The van der Waals surface area contributed by atoms with Crippen molar-refractivity contribution in [3.8, 4) is 0 Å². The minimum absolute atomic E-state index is 0.0813. The second kappa shape index (κ2) is 7.29. The van der Waals surface area contributed by atoms with E-state index in [1.54, 1.807) is 4.90 Å². The fourth-order valence-electron chi connectivity index (χ4n) is 6.39. The third-order valence-electron chi connectivity index (χ3n) is 7.43. The predicted molar refractivity (Wildman–Crippen MR) is 106 cm³/mol. The fourth-order valence-corrected chi connectivity index (χ4v) is 6.39. The highest BCUT2D eigenvalue weighted by atomic mass is 16.2. The van der Waals surface area contributed by atoms with Crippen LogP contribution in [0.5, 0.6) is 0 Å². The van der Waals surface area contributed by atoms with Gasteiger partial charge in [-0.1, -0.05) is 30.3 Å². The van der Waals surface area contributed by atoms with Gasteiger partial charge in [-0.2, -0.15) is 0 Å². The molecule has 4 heteroatoms. The van der Waals surface area contributed by atoms with Gasteiger partial charge in [-0.3, -0.25) is 9.59 Å². The number of carbonyl (C=O) groups is 2. The molecule has 1 unspecified atom stereocenters. The second-order valence-electron chi connectivity index (χ2n) is 9.28. The molecule has 4 nitrogen and oxygen atoms in total. The number of nitrogens with one attached hydrogen (secondary N) is 1. The zero-order valence-corrected chi connectivity index (χ0v) is 16.6. The van der Waals surface area contributed by atoms with Crippen LogP contribution >= 0.6 is 0 Å². The highest BCUT2D eigenvalue weighted by molar-refractivity contribution is 6.35. The molecule has 2 amide bonds. The summed E-state index contributed by atoms with van der Waals surface area (Å²) in [5, 5.41) is 3.11. The largest absolute Gasteiger partial charge is 0.345 e. The molecule has 1 atom stereocenters. The molecule has 5 rings (SSSR count). The van der Waals surface area contributed by atoms with Crippen LogP contribution in [-0.4, -0.2) is 29.3 Å². The number of amides is 2. The number of rotatable bonds is 5. The van der Waals surface area contributed by atoms with Gasteiger partial charge >= 0.3 is 11.8 Å². The average molecular weight is 369 g/mol. The maximum atomic E-state index is 12.8. The first kappa shape index (κ1) is 18.5. The van der Waals surface area contributed by atoms with Crippen LogP contribution in [0.3, 0.4) is 0 Å². The molecule has 1 aromatic rings. The van der Waals surface area contributed by atoms with E-state index in [0.717, 1.165) is 23.3 Å². The molecule has 4 aliphatic carbocycles. The lowest BCUT2D eigenvalue weighted by Gasteiger charge is -2.59. The van der Waals surface area contributed by atoms with Gasteiger partial charge in [0, 0.05) is 19.1 Å². The lowest BCUT2D eigenvalue weighted by molar-refractivity contribution is -0.148. The molecule has 1 N–H and O–H groups in total. The number of hydrogen-bond acceptors (Lipinski definition) is 2. The van der Waals surface area contributed by atoms with Crippen LogP contribution in [0.15, 0.2) is 30.3 Å². The van der Waals surface area contributed by atoms with Crippen LogP contribution in [0.1, 0.15) is 57.9 Å². The van der Waals surface area contributed by atoms with Crippen molar-refractivity contribution in [1.82, 2.24) is 10.2 Å². The summed E-state index contributed by atoms with van der Waals surface area (Å²) in [5.74, 6) is 1.69. The Morgan fingerprint density at radius 2 is 1.63 bits per heavy atom. The highest BCUT2D eigenvalue weighted by Gasteiger charge is 2.53. The van der Waals surface area contributed by atoms with E-state index in [4.69, 9.17) is 0 Å². The van der Waals surface area contributed by atoms with E-state index >= 15 is 0 Å². The number of nitrogens with zero attached hydrogens (tertiary/aromatic N) is 1. The van der Waals surface area contributed by atoms with Crippen molar-refractivity contribution in [3.63, 3.8) is 0 Å². The Bertz CT molecular complexity index is 664. The van der Waals surface area contributed by atoms with Gasteiger partial charge in [0.1, 0.15) is 0 Å². The molecule has 0 radical (unpaired) electrons. The summed E-state index contributed by atoms with van der Waals surface area (Å²) < 4.78 is 0. The molecule has 4 aliphatic rings. The predicted octanol–water partition coefficient (Wildman–Crippen LogP) is 3.76. The smallest absolute Gasteiger partial charge is 0.312 e. The van der Waals surface area contributed by atoms with Crippen molar-refractivity contribution < 1.29 is 9.59 Å². The monoisotopic (exact) mass is 368 g/mol. The first-order valence-electron chi connectivity index (χ1n) is 10.6. The molecule has 0 heterocycles. The van der Waals surface area contributed by atoms with Gasteiger partial charge in [0.25, 0.3) is 0 Å². The summed E-state index contributed by atoms with van der Waals surface area (Å²) in [4.78, 5) is 27.1. The lowest BCUT2D eigenvalue weighted by atomic mass is 9.48. The summed E-state index contributed by atoms with van der Waals surface area (Å²) in [7, 11) is 0. The Kier molecular flexibility index (Phi) is 5.00. The van der Waals surface area contributed by atoms with Crippen LogP contribution in [0.25, 0.3) is 0 Å². The first-order valence-corrected chi connectivity index (χ1v) is 10.6. The molecule has 0 aliphatic heterocycles. The molecule has 4 bridgehead atoms. The molecular formula is C23H32N2O2. The number of carbonyl (C=O) groups excluding carboxylic acids is 2. The quantitative estimate of drug-likeness (QED) is 0.805. The van der Waals surface area contributed by atoms with Crippen molar-refractivity contribution in [2.75, 3.05) is 6.54 Å². The Hall–Kier alpha value is -1.84. The zero-order chi connectivity index (χ0) is 19.0. The third-order valence-corrected chi connectivity index (χ3v) is 7.43. The van der Waals surface area contributed by atoms with Crippen molar-refractivity contribution in [2.24, 2.45) is 23.2 Å². The molecule has 4 fully saturated rings. The van der Waals surface area contributed by atoms with E-state index in [1.165, 1.54) is 38.5 Å². The maximum absolute atomic E-state index is 12.8. The molecular weight excluding hydrogens is 336 g/mol. The summed E-state index contributed by atoms with van der Waals surface area (Å²) in [5.41, 5.74) is 1.27. The van der Waals surface area contributed by atoms with E-state index in [2.05, 4.69) is 12.2 Å². The topological polar surface area (TPSA) is 49.4 Å². The molecule has 0 spiro atoms. The fraction of sp³-hybridized carbons (Fsp3) is 0.652. The summed E-state index contributed by atoms with van der Waals surface area (Å²) in [6.07, 6.45) is 7.86. The molecule has 27 heavy (non-hydrogen) atoms. The Balaban J connectivity index is 1.39. The molecule has 1 aromatic carbocycles. The summed E-state index contributed by atoms with van der Waals surface area (Å²) >= 11 is 0. The highest BCUT2D eigenvalue weighted by Crippen LogP contribution is 2.61. The zero-order valence-electron chi connectivity index (χ0n) is 16.6. The average Bonchev–Trinajstić information content (AvgIpc) is 2.65. The number of likely N-dealkylation sites (N-methyl/N-ethyl adjacent to an activating group) is 1. The molecule has 0 aromatic heterocycles. The van der Waals surface area contributed by atoms with Gasteiger partial charge in [-0.25, -0.2) is 0 Å². The van der Waals surface area contributed by atoms with Crippen molar-refractivity contribution >= 4 is 11.8 Å². The number of hydrogen-bond donors (Lipinski definition) is 1. The van der Waals surface area contributed by atoms with Crippen LogP contribution in [0.2, 0.25) is 0 Å². The van der Waals surface area contributed by atoms with Gasteiger partial charge in [-0.05, 0) is 81.1 Å². The molecule has 0 saturated heterocycles. The van der Waals surface area contributed by atoms with E-state index in [-0.39, 0.29) is 11.5 Å². The van der Waals surface area contributed by atoms with Crippen LogP contribution in [0.4, 0.5) is 0 Å². The number of benzene rings is 1. The van der Waals surface area contributed by atoms with Crippen LogP contribution in [0, 0.1) is 23.2 Å². The minimum atomic E-state index is -0.434. The Morgan fingerprint density at radius 3 is 2.15 bits per heavy atom.